The predicted octanol–water partition coefficient (Wildman–Crippen LogP) is -5.56. The molecule has 2 fully saturated rings. The Morgan fingerprint density at radius 1 is 1.48 bits per heavy atom. The average Bonchev–Trinajstić information content (AvgIpc) is 2.95. The number of carboxylic acids is 1. The van der Waals surface area contributed by atoms with Crippen molar-refractivity contribution in [3.05, 3.63) is 0 Å². The topological polar surface area (TPSA) is 125 Å². The Bertz CT molecular complexity index is 483. The van der Waals surface area contributed by atoms with Gasteiger partial charge in [-0.2, -0.15) is 5.06 Å². The molecule has 2 aliphatic heterocycles. The molecule has 2 atom stereocenters. The Hall–Kier alpha value is -1.16. The molecule has 2 rings (SSSR count). The van der Waals surface area contributed by atoms with Crippen LogP contribution in [0.3, 0.4) is 0 Å². The number of carboxylic acid groups (broad SMARTS) is 1. The molecule has 0 aromatic heterocycles. The summed E-state index contributed by atoms with van der Waals surface area (Å²) in [6.45, 7) is 1.38. The molecule has 2 saturated heterocycles. The second-order valence-electron chi connectivity index (χ2n) is 4.45. The van der Waals surface area contributed by atoms with Crippen molar-refractivity contribution < 1.29 is 63.4 Å². The summed E-state index contributed by atoms with van der Waals surface area (Å²) in [6, 6.07) is -1.00. The largest absolute Gasteiger partial charge is 1.00 e. The number of cyclic esters (lactones) is 1. The van der Waals surface area contributed by atoms with E-state index in [2.05, 4.69) is 5.32 Å². The second kappa shape index (κ2) is 6.73. The van der Waals surface area contributed by atoms with Gasteiger partial charge in [0, 0.05) is 12.8 Å². The van der Waals surface area contributed by atoms with Crippen molar-refractivity contribution in [1.82, 2.24) is 10.4 Å². The van der Waals surface area contributed by atoms with E-state index in [1.165, 1.54) is 0 Å². The molecule has 2 aliphatic rings. The third kappa shape index (κ3) is 3.20. The summed E-state index contributed by atoms with van der Waals surface area (Å²) in [7, 11) is 0. The van der Waals surface area contributed by atoms with Gasteiger partial charge in [-0.25, -0.2) is 0 Å². The van der Waals surface area contributed by atoms with Crippen LogP contribution in [-0.2, 0) is 28.8 Å². The SMILES string of the molecule is CCC(=O)N[C@H]1CON(C2(C(=O)[O-])CCC(=O)O2)C1=O.[Na+]. The molecule has 2 heterocycles. The summed E-state index contributed by atoms with van der Waals surface area (Å²) in [6.07, 6.45) is -0.244. The van der Waals surface area contributed by atoms with E-state index in [4.69, 9.17) is 9.57 Å². The van der Waals surface area contributed by atoms with Gasteiger partial charge in [0.05, 0.1) is 6.42 Å². The normalized spacial score (nSPS) is 28.0. The van der Waals surface area contributed by atoms with Crippen molar-refractivity contribution >= 4 is 23.8 Å². The van der Waals surface area contributed by atoms with Gasteiger partial charge >= 0.3 is 35.5 Å². The number of nitrogens with one attached hydrogen (secondary N) is 1. The number of carbonyl (C=O) groups excluding carboxylic acids is 4. The Kier molecular flexibility index (Phi) is 5.74. The first-order chi connectivity index (χ1) is 9.40. The molecule has 0 aromatic carbocycles. The smallest absolute Gasteiger partial charge is 0.544 e. The van der Waals surface area contributed by atoms with Crippen molar-refractivity contribution in [1.29, 1.82) is 0 Å². The van der Waals surface area contributed by atoms with Gasteiger partial charge in [-0.1, -0.05) is 6.92 Å². The fourth-order valence-electron chi connectivity index (χ4n) is 2.04. The molecule has 0 aromatic rings. The minimum Gasteiger partial charge on any atom is -0.544 e. The van der Waals surface area contributed by atoms with Crippen LogP contribution in [0.4, 0.5) is 0 Å². The molecule has 0 bridgehead atoms. The molecule has 21 heavy (non-hydrogen) atoms. The van der Waals surface area contributed by atoms with E-state index in [0.29, 0.717) is 5.06 Å². The number of ether oxygens (including phenoxy) is 1. The molecule has 2 amide bonds. The number of hydrogen-bond acceptors (Lipinski definition) is 7. The molecule has 10 heteroatoms. The van der Waals surface area contributed by atoms with Crippen LogP contribution < -0.4 is 40.0 Å². The Labute approximate surface area is 142 Å². The molecule has 0 spiro atoms. The third-order valence-electron chi connectivity index (χ3n) is 3.12. The zero-order chi connectivity index (χ0) is 14.9. The Morgan fingerprint density at radius 2 is 2.14 bits per heavy atom. The van der Waals surface area contributed by atoms with Gasteiger partial charge < -0.3 is 20.0 Å². The van der Waals surface area contributed by atoms with E-state index in [-0.39, 0.29) is 61.3 Å². The van der Waals surface area contributed by atoms with E-state index >= 15 is 0 Å². The second-order valence-corrected chi connectivity index (χ2v) is 4.45. The zero-order valence-electron chi connectivity index (χ0n) is 11.7. The van der Waals surface area contributed by atoms with Crippen molar-refractivity contribution in [2.75, 3.05) is 6.61 Å². The van der Waals surface area contributed by atoms with E-state index in [1.54, 1.807) is 6.92 Å². The van der Waals surface area contributed by atoms with Crippen molar-refractivity contribution in [2.24, 2.45) is 0 Å². The van der Waals surface area contributed by atoms with Crippen LogP contribution in [0.5, 0.6) is 0 Å². The number of amides is 2. The molecule has 110 valence electrons. The minimum absolute atomic E-state index is 0. The number of rotatable bonds is 4. The first-order valence-corrected chi connectivity index (χ1v) is 6.10. The number of carbonyl (C=O) groups is 4. The maximum Gasteiger partial charge on any atom is 1.00 e. The monoisotopic (exact) mass is 308 g/mol. The average molecular weight is 308 g/mol. The number of hydroxylamine groups is 2. The van der Waals surface area contributed by atoms with Crippen LogP contribution in [-0.4, -0.2) is 47.2 Å². The first-order valence-electron chi connectivity index (χ1n) is 6.10. The van der Waals surface area contributed by atoms with Crippen LogP contribution in [0.2, 0.25) is 0 Å². The van der Waals surface area contributed by atoms with Gasteiger partial charge in [0.15, 0.2) is 0 Å². The molecule has 1 N–H and O–H groups in total. The molecule has 0 aliphatic carbocycles. The van der Waals surface area contributed by atoms with Gasteiger partial charge in [0.25, 0.3) is 11.6 Å². The van der Waals surface area contributed by atoms with Crippen LogP contribution in [0.1, 0.15) is 26.2 Å². The number of aliphatic carboxylic acids is 1. The molecule has 0 saturated carbocycles. The molecular formula is C11H13N2NaO7. The fraction of sp³-hybridized carbons (Fsp3) is 0.636. The molecule has 0 radical (unpaired) electrons. The van der Waals surface area contributed by atoms with Crippen LogP contribution >= 0.6 is 0 Å². The number of nitrogens with zero attached hydrogens (tertiary/aromatic N) is 1. The van der Waals surface area contributed by atoms with Crippen LogP contribution in [0.15, 0.2) is 0 Å². The van der Waals surface area contributed by atoms with Crippen molar-refractivity contribution in [3.63, 3.8) is 0 Å². The van der Waals surface area contributed by atoms with Crippen LogP contribution in [0, 0.1) is 0 Å². The van der Waals surface area contributed by atoms with E-state index in [9.17, 15) is 24.3 Å². The first kappa shape index (κ1) is 17.9. The maximum atomic E-state index is 12.1. The van der Waals surface area contributed by atoms with Crippen molar-refractivity contribution in [3.8, 4) is 0 Å². The molecular weight excluding hydrogens is 295 g/mol. The third-order valence-corrected chi connectivity index (χ3v) is 3.12. The Morgan fingerprint density at radius 3 is 2.62 bits per heavy atom. The summed E-state index contributed by atoms with van der Waals surface area (Å²) in [4.78, 5) is 50.7. The molecule has 9 nitrogen and oxygen atoms in total. The van der Waals surface area contributed by atoms with Gasteiger partial charge in [-0.05, 0) is 0 Å². The van der Waals surface area contributed by atoms with Gasteiger partial charge in [-0.3, -0.25) is 19.2 Å². The standard InChI is InChI=1S/C11H14N2O7.Na/c1-2-7(14)12-6-5-19-13(9(6)16)11(10(17)18)4-3-8(15)20-11;/h6H,2-5H2,1H3,(H,12,14)(H,17,18);/q;+1/p-1/t6-,11?;/m0./s1. The molecule has 1 unspecified atom stereocenters. The number of esters is 1. The van der Waals surface area contributed by atoms with Gasteiger partial charge in [0.1, 0.15) is 18.6 Å². The maximum absolute atomic E-state index is 12.1. The van der Waals surface area contributed by atoms with E-state index in [1.807, 2.05) is 0 Å². The predicted molar refractivity (Wildman–Crippen MR) is 58.1 cm³/mol. The minimum atomic E-state index is -2.25. The Balaban J connectivity index is 0.00000220. The van der Waals surface area contributed by atoms with Gasteiger partial charge in [0.2, 0.25) is 5.91 Å². The summed E-state index contributed by atoms with van der Waals surface area (Å²) in [5, 5.41) is 14.1. The summed E-state index contributed by atoms with van der Waals surface area (Å²) in [5.41, 5.74) is -2.25. The number of hydrogen-bond donors (Lipinski definition) is 1. The quantitative estimate of drug-likeness (QED) is 0.405. The van der Waals surface area contributed by atoms with E-state index in [0.717, 1.165) is 0 Å². The summed E-state index contributed by atoms with van der Waals surface area (Å²) in [5.74, 6) is -3.66. The summed E-state index contributed by atoms with van der Waals surface area (Å²) >= 11 is 0. The van der Waals surface area contributed by atoms with Crippen molar-refractivity contribution in [2.45, 2.75) is 38.0 Å². The van der Waals surface area contributed by atoms with Crippen LogP contribution in [0.25, 0.3) is 0 Å². The zero-order valence-corrected chi connectivity index (χ0v) is 13.7. The summed E-state index contributed by atoms with van der Waals surface area (Å²) < 4.78 is 4.71. The van der Waals surface area contributed by atoms with E-state index < -0.39 is 29.6 Å². The van der Waals surface area contributed by atoms with Gasteiger partial charge in [-0.15, -0.1) is 0 Å². The fourth-order valence-corrected chi connectivity index (χ4v) is 2.04.